The normalized spacial score (nSPS) is 25.9. The summed E-state index contributed by atoms with van der Waals surface area (Å²) in [4.78, 5) is 6.93. The third-order valence-electron chi connectivity index (χ3n) is 4.35. The van der Waals surface area contributed by atoms with Crippen molar-refractivity contribution in [3.8, 4) is 0 Å². The number of anilines is 1. The van der Waals surface area contributed by atoms with Crippen LogP contribution in [0.25, 0.3) is 0 Å². The van der Waals surface area contributed by atoms with Gasteiger partial charge in [0.15, 0.2) is 0 Å². The van der Waals surface area contributed by atoms with Gasteiger partial charge < -0.3 is 10.2 Å². The van der Waals surface area contributed by atoms with Gasteiger partial charge in [0, 0.05) is 25.3 Å². The van der Waals surface area contributed by atoms with Crippen LogP contribution in [0.4, 0.5) is 5.69 Å². The minimum atomic E-state index is 0.782. The topological polar surface area (TPSA) is 28.2 Å². The molecule has 2 aliphatic rings. The molecule has 18 heavy (non-hydrogen) atoms. The summed E-state index contributed by atoms with van der Waals surface area (Å²) in [5.74, 6) is 0.937. The molecule has 0 spiro atoms. The Hall–Kier alpha value is -1.09. The molecule has 2 atom stereocenters. The van der Waals surface area contributed by atoms with Gasteiger partial charge in [-0.1, -0.05) is 6.92 Å². The molecular formula is C15H23N3. The zero-order chi connectivity index (χ0) is 12.4. The molecule has 3 heteroatoms. The lowest BCUT2D eigenvalue weighted by Gasteiger charge is -2.30. The predicted molar refractivity (Wildman–Crippen MR) is 74.7 cm³/mol. The van der Waals surface area contributed by atoms with E-state index in [1.807, 2.05) is 6.20 Å². The van der Waals surface area contributed by atoms with E-state index in [0.717, 1.165) is 25.0 Å². The Balaban J connectivity index is 1.74. The highest BCUT2D eigenvalue weighted by Gasteiger charge is 2.38. The zero-order valence-electron chi connectivity index (χ0n) is 11.2. The van der Waals surface area contributed by atoms with E-state index in [1.54, 1.807) is 0 Å². The summed E-state index contributed by atoms with van der Waals surface area (Å²) in [6.07, 6.45) is 9.38. The number of fused-ring (bicyclic) bond motifs is 2. The summed E-state index contributed by atoms with van der Waals surface area (Å²) < 4.78 is 0. The number of rotatable bonds is 5. The molecule has 2 heterocycles. The number of nitrogens with one attached hydrogen (secondary N) is 1. The summed E-state index contributed by atoms with van der Waals surface area (Å²) >= 11 is 0. The van der Waals surface area contributed by atoms with Crippen molar-refractivity contribution in [2.24, 2.45) is 5.92 Å². The first-order valence-electron chi connectivity index (χ1n) is 7.28. The summed E-state index contributed by atoms with van der Waals surface area (Å²) in [7, 11) is 0. The Kier molecular flexibility index (Phi) is 3.50. The lowest BCUT2D eigenvalue weighted by atomic mass is 10.1. The monoisotopic (exact) mass is 245 g/mol. The Morgan fingerprint density at radius 3 is 3.11 bits per heavy atom. The van der Waals surface area contributed by atoms with Crippen LogP contribution in [-0.4, -0.2) is 24.1 Å². The fraction of sp³-hybridized carbons (Fsp3) is 0.667. The first-order valence-corrected chi connectivity index (χ1v) is 7.28. The van der Waals surface area contributed by atoms with Crippen molar-refractivity contribution in [2.45, 2.75) is 45.2 Å². The molecule has 0 amide bonds. The second-order valence-corrected chi connectivity index (χ2v) is 5.67. The van der Waals surface area contributed by atoms with E-state index >= 15 is 0 Å². The molecule has 1 aromatic rings. The van der Waals surface area contributed by atoms with E-state index in [-0.39, 0.29) is 0 Å². The standard InChI is InChI=1S/C15H23N3/c1-2-6-16-9-13-5-7-17-10-15(13)18-11-12-3-4-14(18)8-12/h5,7,10,12,14,16H,2-4,6,8-9,11H2,1H3. The van der Waals surface area contributed by atoms with Crippen LogP contribution in [0, 0.1) is 5.92 Å². The number of hydrogen-bond acceptors (Lipinski definition) is 3. The predicted octanol–water partition coefficient (Wildman–Crippen LogP) is 2.57. The Bertz CT molecular complexity index is 404. The zero-order valence-corrected chi connectivity index (χ0v) is 11.2. The molecule has 3 nitrogen and oxygen atoms in total. The largest absolute Gasteiger partial charge is 0.367 e. The maximum absolute atomic E-state index is 4.33. The van der Waals surface area contributed by atoms with Crippen LogP contribution in [0.15, 0.2) is 18.5 Å². The van der Waals surface area contributed by atoms with Gasteiger partial charge in [-0.25, -0.2) is 0 Å². The smallest absolute Gasteiger partial charge is 0.0600 e. The Morgan fingerprint density at radius 2 is 2.39 bits per heavy atom. The van der Waals surface area contributed by atoms with Gasteiger partial charge in [-0.15, -0.1) is 0 Å². The van der Waals surface area contributed by atoms with Crippen LogP contribution in [0.5, 0.6) is 0 Å². The molecule has 1 aromatic heterocycles. The van der Waals surface area contributed by atoms with E-state index in [1.165, 1.54) is 43.5 Å². The van der Waals surface area contributed by atoms with Crippen molar-refractivity contribution < 1.29 is 0 Å². The Labute approximate surface area is 110 Å². The quantitative estimate of drug-likeness (QED) is 0.808. The van der Waals surface area contributed by atoms with Crippen molar-refractivity contribution >= 4 is 5.69 Å². The SMILES string of the molecule is CCCNCc1ccncc1N1CC2CCC1C2. The third kappa shape index (κ3) is 2.24. The molecule has 2 unspecified atom stereocenters. The van der Waals surface area contributed by atoms with Gasteiger partial charge in [0.05, 0.1) is 11.9 Å². The van der Waals surface area contributed by atoms with E-state index in [2.05, 4.69) is 34.4 Å². The van der Waals surface area contributed by atoms with Crippen molar-refractivity contribution in [3.63, 3.8) is 0 Å². The summed E-state index contributed by atoms with van der Waals surface area (Å²) in [6.45, 7) is 5.52. The molecule has 98 valence electrons. The number of nitrogens with zero attached hydrogens (tertiary/aromatic N) is 2. The van der Waals surface area contributed by atoms with E-state index in [4.69, 9.17) is 0 Å². The van der Waals surface area contributed by atoms with E-state index in [9.17, 15) is 0 Å². The fourth-order valence-corrected chi connectivity index (χ4v) is 3.44. The second-order valence-electron chi connectivity index (χ2n) is 5.67. The van der Waals surface area contributed by atoms with Gasteiger partial charge >= 0.3 is 0 Å². The summed E-state index contributed by atoms with van der Waals surface area (Å²) in [5, 5.41) is 3.50. The second kappa shape index (κ2) is 5.27. The van der Waals surface area contributed by atoms with E-state index < -0.39 is 0 Å². The highest BCUT2D eigenvalue weighted by atomic mass is 15.2. The van der Waals surface area contributed by atoms with Gasteiger partial charge in [0.1, 0.15) is 0 Å². The van der Waals surface area contributed by atoms with Crippen LogP contribution in [0.2, 0.25) is 0 Å². The average molecular weight is 245 g/mol. The van der Waals surface area contributed by atoms with Crippen molar-refractivity contribution in [3.05, 3.63) is 24.0 Å². The average Bonchev–Trinajstić information content (AvgIpc) is 3.02. The molecule has 3 rings (SSSR count). The van der Waals surface area contributed by atoms with Gasteiger partial charge in [-0.05, 0) is 49.8 Å². The van der Waals surface area contributed by atoms with Crippen LogP contribution >= 0.6 is 0 Å². The minimum absolute atomic E-state index is 0.782. The van der Waals surface area contributed by atoms with Crippen LogP contribution < -0.4 is 10.2 Å². The minimum Gasteiger partial charge on any atom is -0.367 e. The number of aromatic nitrogens is 1. The molecule has 2 fully saturated rings. The molecule has 1 N–H and O–H groups in total. The first-order chi connectivity index (χ1) is 8.88. The summed E-state index contributed by atoms with van der Waals surface area (Å²) in [5.41, 5.74) is 2.78. The fourth-order valence-electron chi connectivity index (χ4n) is 3.44. The highest BCUT2D eigenvalue weighted by molar-refractivity contribution is 5.54. The molecule has 1 aliphatic carbocycles. The first kappa shape index (κ1) is 12.0. The Morgan fingerprint density at radius 1 is 1.44 bits per heavy atom. The number of hydrogen-bond donors (Lipinski definition) is 1. The van der Waals surface area contributed by atoms with Gasteiger partial charge in [0.25, 0.3) is 0 Å². The molecule has 2 bridgehead atoms. The molecule has 0 radical (unpaired) electrons. The van der Waals surface area contributed by atoms with Crippen molar-refractivity contribution in [2.75, 3.05) is 18.0 Å². The van der Waals surface area contributed by atoms with Crippen molar-refractivity contribution in [1.29, 1.82) is 0 Å². The number of pyridine rings is 1. The maximum atomic E-state index is 4.33. The lowest BCUT2D eigenvalue weighted by Crippen LogP contribution is -2.33. The summed E-state index contributed by atoms with van der Waals surface area (Å²) in [6, 6.07) is 2.95. The molecule has 0 aromatic carbocycles. The maximum Gasteiger partial charge on any atom is 0.0600 e. The van der Waals surface area contributed by atoms with Crippen molar-refractivity contribution in [1.82, 2.24) is 10.3 Å². The molecule has 1 saturated carbocycles. The highest BCUT2D eigenvalue weighted by Crippen LogP contribution is 2.40. The number of piperidine rings is 1. The van der Waals surface area contributed by atoms with Gasteiger partial charge in [-0.2, -0.15) is 0 Å². The lowest BCUT2D eigenvalue weighted by molar-refractivity contribution is 0.551. The van der Waals surface area contributed by atoms with Gasteiger partial charge in [-0.3, -0.25) is 4.98 Å². The van der Waals surface area contributed by atoms with Crippen LogP contribution in [-0.2, 0) is 6.54 Å². The molecular weight excluding hydrogens is 222 g/mol. The van der Waals surface area contributed by atoms with Crippen LogP contribution in [0.1, 0.15) is 38.2 Å². The molecule has 1 saturated heterocycles. The molecule has 1 aliphatic heterocycles. The van der Waals surface area contributed by atoms with Crippen LogP contribution in [0.3, 0.4) is 0 Å². The third-order valence-corrected chi connectivity index (χ3v) is 4.35. The van der Waals surface area contributed by atoms with Gasteiger partial charge in [0.2, 0.25) is 0 Å². The van der Waals surface area contributed by atoms with E-state index in [0.29, 0.717) is 0 Å².